The Bertz CT molecular complexity index is 576. The van der Waals surface area contributed by atoms with Crippen LogP contribution in [0.25, 0.3) is 11.3 Å². The first-order valence-electron chi connectivity index (χ1n) is 5.36. The molecule has 1 saturated carbocycles. The van der Waals surface area contributed by atoms with Gasteiger partial charge in [0, 0.05) is 16.0 Å². The molecular formula is C12H9Br2ClN2. The van der Waals surface area contributed by atoms with Crippen molar-refractivity contribution in [2.75, 3.05) is 0 Å². The zero-order chi connectivity index (χ0) is 12.0. The predicted molar refractivity (Wildman–Crippen MR) is 76.4 cm³/mol. The average Bonchev–Trinajstić information content (AvgIpc) is 3.07. The quantitative estimate of drug-likeness (QED) is 0.773. The van der Waals surface area contributed by atoms with Crippen LogP contribution in [0.5, 0.6) is 0 Å². The number of nitrogens with zero attached hydrogens (tertiary/aromatic N) is 1. The molecule has 0 radical (unpaired) electrons. The van der Waals surface area contributed by atoms with E-state index in [2.05, 4.69) is 42.1 Å². The first-order chi connectivity index (χ1) is 8.16. The standard InChI is InChI=1S/C12H9Br2ClN2/c13-7-3-4-9(15)8(5-7)12-10(14)11(16-17-12)6-1-2-6/h3-6H,1-2H2,(H,16,17). The highest BCUT2D eigenvalue weighted by molar-refractivity contribution is 9.11. The second-order valence-electron chi connectivity index (χ2n) is 4.20. The van der Waals surface area contributed by atoms with Gasteiger partial charge < -0.3 is 0 Å². The Morgan fingerprint density at radius 1 is 1.29 bits per heavy atom. The summed E-state index contributed by atoms with van der Waals surface area (Å²) in [5.74, 6) is 0.636. The summed E-state index contributed by atoms with van der Waals surface area (Å²) in [4.78, 5) is 0. The molecule has 2 aromatic rings. The summed E-state index contributed by atoms with van der Waals surface area (Å²) < 4.78 is 2.04. The molecular weight excluding hydrogens is 367 g/mol. The Kier molecular flexibility index (Phi) is 3.05. The van der Waals surface area contributed by atoms with Crippen molar-refractivity contribution in [2.24, 2.45) is 0 Å². The van der Waals surface area contributed by atoms with Gasteiger partial charge >= 0.3 is 0 Å². The molecule has 0 saturated heterocycles. The van der Waals surface area contributed by atoms with Crippen molar-refractivity contribution in [3.63, 3.8) is 0 Å². The van der Waals surface area contributed by atoms with Crippen LogP contribution in [0.15, 0.2) is 27.1 Å². The molecule has 0 atom stereocenters. The third-order valence-corrected chi connectivity index (χ3v) is 4.53. The fourth-order valence-electron chi connectivity index (χ4n) is 1.84. The van der Waals surface area contributed by atoms with Gasteiger partial charge in [0.2, 0.25) is 0 Å². The second kappa shape index (κ2) is 4.41. The van der Waals surface area contributed by atoms with Crippen LogP contribution < -0.4 is 0 Å². The van der Waals surface area contributed by atoms with Crippen LogP contribution >= 0.6 is 43.5 Å². The number of rotatable bonds is 2. The lowest BCUT2D eigenvalue weighted by molar-refractivity contribution is 0.963. The molecule has 1 aromatic carbocycles. The lowest BCUT2D eigenvalue weighted by Crippen LogP contribution is -1.81. The Morgan fingerprint density at radius 2 is 2.06 bits per heavy atom. The van der Waals surface area contributed by atoms with Gasteiger partial charge in [-0.1, -0.05) is 27.5 Å². The number of halogens is 3. The van der Waals surface area contributed by atoms with Crippen molar-refractivity contribution in [1.29, 1.82) is 0 Å². The molecule has 0 unspecified atom stereocenters. The highest BCUT2D eigenvalue weighted by Gasteiger charge is 2.29. The summed E-state index contributed by atoms with van der Waals surface area (Å²) in [5.41, 5.74) is 3.02. The van der Waals surface area contributed by atoms with Gasteiger partial charge in [-0.3, -0.25) is 5.10 Å². The molecule has 0 amide bonds. The van der Waals surface area contributed by atoms with E-state index in [1.165, 1.54) is 18.5 Å². The number of hydrogen-bond donors (Lipinski definition) is 1. The molecule has 1 aliphatic rings. The first kappa shape index (κ1) is 11.8. The van der Waals surface area contributed by atoms with E-state index in [4.69, 9.17) is 11.6 Å². The number of hydrogen-bond acceptors (Lipinski definition) is 1. The maximum absolute atomic E-state index is 6.21. The zero-order valence-electron chi connectivity index (χ0n) is 8.80. The molecule has 2 nitrogen and oxygen atoms in total. The van der Waals surface area contributed by atoms with Gasteiger partial charge in [0.1, 0.15) is 5.69 Å². The summed E-state index contributed by atoms with van der Waals surface area (Å²) in [6, 6.07) is 5.78. The molecule has 5 heteroatoms. The van der Waals surface area contributed by atoms with E-state index in [1.54, 1.807) is 0 Å². The third-order valence-electron chi connectivity index (χ3n) is 2.90. The van der Waals surface area contributed by atoms with Crippen molar-refractivity contribution in [1.82, 2.24) is 10.2 Å². The Balaban J connectivity index is 2.11. The molecule has 1 aromatic heterocycles. The first-order valence-corrected chi connectivity index (χ1v) is 7.32. The van der Waals surface area contributed by atoms with E-state index in [-0.39, 0.29) is 0 Å². The van der Waals surface area contributed by atoms with E-state index in [0.29, 0.717) is 10.9 Å². The van der Waals surface area contributed by atoms with Gasteiger partial charge in [0.05, 0.1) is 15.2 Å². The molecule has 1 fully saturated rings. The van der Waals surface area contributed by atoms with Gasteiger partial charge in [-0.15, -0.1) is 0 Å². The minimum absolute atomic E-state index is 0.636. The normalized spacial score (nSPS) is 15.2. The number of benzene rings is 1. The van der Waals surface area contributed by atoms with Crippen molar-refractivity contribution in [2.45, 2.75) is 18.8 Å². The van der Waals surface area contributed by atoms with Gasteiger partial charge in [-0.25, -0.2) is 0 Å². The summed E-state index contributed by atoms with van der Waals surface area (Å²) in [6.45, 7) is 0. The molecule has 1 heterocycles. The minimum atomic E-state index is 0.636. The van der Waals surface area contributed by atoms with Gasteiger partial charge in [0.25, 0.3) is 0 Å². The molecule has 1 N–H and O–H groups in total. The number of aromatic nitrogens is 2. The fourth-order valence-corrected chi connectivity index (χ4v) is 3.12. The maximum Gasteiger partial charge on any atom is 0.108 e. The Morgan fingerprint density at radius 3 is 2.76 bits per heavy atom. The molecule has 3 rings (SSSR count). The molecule has 0 bridgehead atoms. The SMILES string of the molecule is Clc1ccc(Br)cc1-c1n[nH]c(C2CC2)c1Br. The average molecular weight is 376 g/mol. The van der Waals surface area contributed by atoms with Crippen LogP contribution in [0.3, 0.4) is 0 Å². The topological polar surface area (TPSA) is 28.7 Å². The van der Waals surface area contributed by atoms with Gasteiger partial charge in [0.15, 0.2) is 0 Å². The molecule has 1 aliphatic carbocycles. The third kappa shape index (κ3) is 2.18. The smallest absolute Gasteiger partial charge is 0.108 e. The van der Waals surface area contributed by atoms with Crippen molar-refractivity contribution >= 4 is 43.5 Å². The summed E-state index contributed by atoms with van der Waals surface area (Å²) >= 11 is 13.3. The van der Waals surface area contributed by atoms with Crippen LogP contribution in [0, 0.1) is 0 Å². The molecule has 88 valence electrons. The monoisotopic (exact) mass is 374 g/mol. The van der Waals surface area contributed by atoms with Crippen molar-refractivity contribution in [3.05, 3.63) is 37.9 Å². The zero-order valence-corrected chi connectivity index (χ0v) is 12.7. The van der Waals surface area contributed by atoms with Gasteiger partial charge in [-0.05, 0) is 47.0 Å². The minimum Gasteiger partial charge on any atom is -0.280 e. The van der Waals surface area contributed by atoms with E-state index in [1.807, 2.05) is 18.2 Å². The van der Waals surface area contributed by atoms with Gasteiger partial charge in [-0.2, -0.15) is 5.10 Å². The van der Waals surface area contributed by atoms with E-state index in [0.717, 1.165) is 20.2 Å². The second-order valence-corrected chi connectivity index (χ2v) is 6.31. The van der Waals surface area contributed by atoms with Crippen molar-refractivity contribution in [3.8, 4) is 11.3 Å². The van der Waals surface area contributed by atoms with Crippen LogP contribution in [0.1, 0.15) is 24.5 Å². The molecule has 0 aliphatic heterocycles. The van der Waals surface area contributed by atoms with E-state index >= 15 is 0 Å². The number of aromatic amines is 1. The fraction of sp³-hybridized carbons (Fsp3) is 0.250. The lowest BCUT2D eigenvalue weighted by Gasteiger charge is -2.02. The van der Waals surface area contributed by atoms with E-state index in [9.17, 15) is 0 Å². The largest absolute Gasteiger partial charge is 0.280 e. The van der Waals surface area contributed by atoms with Crippen LogP contribution in [0.4, 0.5) is 0 Å². The van der Waals surface area contributed by atoms with Crippen LogP contribution in [-0.4, -0.2) is 10.2 Å². The highest BCUT2D eigenvalue weighted by Crippen LogP contribution is 2.45. The van der Waals surface area contributed by atoms with Crippen molar-refractivity contribution < 1.29 is 0 Å². The summed E-state index contributed by atoms with van der Waals surface area (Å²) in [6.07, 6.45) is 2.49. The summed E-state index contributed by atoms with van der Waals surface area (Å²) in [5, 5.41) is 8.19. The Hall–Kier alpha value is -0.320. The van der Waals surface area contributed by atoms with E-state index < -0.39 is 0 Å². The maximum atomic E-state index is 6.21. The van der Waals surface area contributed by atoms with Crippen LogP contribution in [-0.2, 0) is 0 Å². The van der Waals surface area contributed by atoms with Crippen LogP contribution in [0.2, 0.25) is 5.02 Å². The summed E-state index contributed by atoms with van der Waals surface area (Å²) in [7, 11) is 0. The number of nitrogens with one attached hydrogen (secondary N) is 1. The molecule has 0 spiro atoms. The molecule has 17 heavy (non-hydrogen) atoms. The number of H-pyrrole nitrogens is 1. The lowest BCUT2D eigenvalue weighted by atomic mass is 10.1. The predicted octanol–water partition coefficient (Wildman–Crippen LogP) is 5.13. The highest BCUT2D eigenvalue weighted by atomic mass is 79.9. The Labute approximate surface area is 121 Å².